The highest BCUT2D eigenvalue weighted by atomic mass is 32.1. The summed E-state index contributed by atoms with van der Waals surface area (Å²) in [4.78, 5) is 8.88. The average Bonchev–Trinajstić information content (AvgIpc) is 2.47. The van der Waals surface area contributed by atoms with Gasteiger partial charge in [-0.25, -0.2) is 4.99 Å². The van der Waals surface area contributed by atoms with Gasteiger partial charge in [-0.3, -0.25) is 0 Å². The molecule has 64 valence electrons. The molecular formula is C8H10N2OS. The predicted octanol–water partition coefficient (Wildman–Crippen LogP) is 2.39. The fourth-order valence-electron chi connectivity index (χ4n) is 0.743. The minimum absolute atomic E-state index is 0.302. The molecule has 0 aliphatic rings. The van der Waals surface area contributed by atoms with Gasteiger partial charge in [-0.2, -0.15) is 4.99 Å². The van der Waals surface area contributed by atoms with Gasteiger partial charge >= 0.3 is 6.02 Å². The van der Waals surface area contributed by atoms with Crippen molar-refractivity contribution < 1.29 is 4.74 Å². The number of aryl methyl sites for hydroxylation is 1. The zero-order chi connectivity index (χ0) is 8.97. The number of hydrogen-bond donors (Lipinski definition) is 0. The molecule has 0 saturated carbocycles. The van der Waals surface area contributed by atoms with E-state index in [1.165, 1.54) is 7.11 Å². The van der Waals surface area contributed by atoms with Gasteiger partial charge in [0.05, 0.1) is 12.8 Å². The third-order valence-corrected chi connectivity index (χ3v) is 2.20. The van der Waals surface area contributed by atoms with E-state index in [-0.39, 0.29) is 0 Å². The number of hydrogen-bond acceptors (Lipinski definition) is 3. The standard InChI is InChI=1S/C8H10N2OS/c1-6-7(4-5-12-6)10-8(9-2)11-3/h4-5H,2H2,1,3H3. The lowest BCUT2D eigenvalue weighted by Gasteiger charge is -1.96. The lowest BCUT2D eigenvalue weighted by Crippen LogP contribution is -1.94. The number of methoxy groups -OCH3 is 1. The molecule has 0 aromatic carbocycles. The van der Waals surface area contributed by atoms with E-state index < -0.39 is 0 Å². The van der Waals surface area contributed by atoms with Crippen molar-refractivity contribution in [2.75, 3.05) is 7.11 Å². The van der Waals surface area contributed by atoms with Crippen molar-refractivity contribution in [3.63, 3.8) is 0 Å². The molecule has 3 nitrogen and oxygen atoms in total. The largest absolute Gasteiger partial charge is 0.467 e. The van der Waals surface area contributed by atoms with Crippen LogP contribution in [0.1, 0.15) is 4.88 Å². The second-order valence-corrected chi connectivity index (χ2v) is 3.24. The molecule has 12 heavy (non-hydrogen) atoms. The zero-order valence-corrected chi connectivity index (χ0v) is 7.89. The first kappa shape index (κ1) is 8.93. The summed E-state index contributed by atoms with van der Waals surface area (Å²) in [5, 5.41) is 1.98. The summed E-state index contributed by atoms with van der Waals surface area (Å²) in [6, 6.07) is 2.22. The van der Waals surface area contributed by atoms with Gasteiger partial charge in [-0.05, 0) is 25.1 Å². The molecule has 0 unspecified atom stereocenters. The Labute approximate surface area is 75.4 Å². The van der Waals surface area contributed by atoms with E-state index >= 15 is 0 Å². The normalized spacial score (nSPS) is 11.3. The summed E-state index contributed by atoms with van der Waals surface area (Å²) in [6.07, 6.45) is 0. The van der Waals surface area contributed by atoms with Crippen molar-refractivity contribution in [2.24, 2.45) is 9.98 Å². The van der Waals surface area contributed by atoms with Crippen LogP contribution in [-0.2, 0) is 4.74 Å². The predicted molar refractivity (Wildman–Crippen MR) is 52.7 cm³/mol. The van der Waals surface area contributed by atoms with Crippen LogP contribution in [0.2, 0.25) is 0 Å². The Morgan fingerprint density at radius 1 is 1.67 bits per heavy atom. The first-order chi connectivity index (χ1) is 5.77. The molecule has 1 aromatic heterocycles. The quantitative estimate of drug-likeness (QED) is 0.485. The summed E-state index contributed by atoms with van der Waals surface area (Å²) in [5.74, 6) is 0. The maximum absolute atomic E-state index is 4.85. The number of ether oxygens (including phenoxy) is 1. The van der Waals surface area contributed by atoms with Crippen molar-refractivity contribution in [2.45, 2.75) is 6.92 Å². The smallest absolute Gasteiger partial charge is 0.316 e. The minimum atomic E-state index is 0.302. The van der Waals surface area contributed by atoms with Crippen LogP contribution in [0.4, 0.5) is 5.69 Å². The molecule has 0 atom stereocenters. The molecule has 0 radical (unpaired) electrons. The molecule has 0 saturated heterocycles. The van der Waals surface area contributed by atoms with E-state index in [1.54, 1.807) is 11.3 Å². The Morgan fingerprint density at radius 3 is 2.83 bits per heavy atom. The van der Waals surface area contributed by atoms with Gasteiger partial charge in [0.1, 0.15) is 0 Å². The minimum Gasteiger partial charge on any atom is -0.467 e. The van der Waals surface area contributed by atoms with Crippen LogP contribution in [-0.4, -0.2) is 19.8 Å². The fourth-order valence-corrected chi connectivity index (χ4v) is 1.38. The van der Waals surface area contributed by atoms with Crippen molar-refractivity contribution >= 4 is 29.8 Å². The Morgan fingerprint density at radius 2 is 2.42 bits per heavy atom. The maximum Gasteiger partial charge on any atom is 0.316 e. The lowest BCUT2D eigenvalue weighted by atomic mass is 10.4. The molecule has 0 bridgehead atoms. The second kappa shape index (κ2) is 4.01. The molecule has 0 spiro atoms. The van der Waals surface area contributed by atoms with Gasteiger partial charge in [0.15, 0.2) is 0 Å². The number of aliphatic imine (C=N–C) groups is 2. The fraction of sp³-hybridized carbons (Fsp3) is 0.250. The molecule has 1 heterocycles. The summed E-state index contributed by atoms with van der Waals surface area (Å²) in [7, 11) is 1.52. The zero-order valence-electron chi connectivity index (χ0n) is 7.07. The van der Waals surface area contributed by atoms with Crippen molar-refractivity contribution in [1.29, 1.82) is 0 Å². The molecule has 1 aromatic rings. The number of nitrogens with zero attached hydrogens (tertiary/aromatic N) is 2. The van der Waals surface area contributed by atoms with Gasteiger partial charge < -0.3 is 4.74 Å². The number of thiophene rings is 1. The van der Waals surface area contributed by atoms with E-state index in [0.29, 0.717) is 6.02 Å². The Hall–Kier alpha value is -1.16. The number of rotatable bonds is 1. The lowest BCUT2D eigenvalue weighted by molar-refractivity contribution is 0.398. The molecule has 0 N–H and O–H groups in total. The van der Waals surface area contributed by atoms with Gasteiger partial charge in [-0.15, -0.1) is 11.3 Å². The Kier molecular flexibility index (Phi) is 2.99. The molecule has 0 aliphatic heterocycles. The molecule has 4 heteroatoms. The second-order valence-electron chi connectivity index (χ2n) is 2.12. The third-order valence-electron chi connectivity index (χ3n) is 1.37. The van der Waals surface area contributed by atoms with Gasteiger partial charge in [0.2, 0.25) is 0 Å². The molecule has 1 rings (SSSR count). The summed E-state index contributed by atoms with van der Waals surface area (Å²) in [5.41, 5.74) is 0.893. The highest BCUT2D eigenvalue weighted by Crippen LogP contribution is 2.23. The van der Waals surface area contributed by atoms with Crippen LogP contribution in [0.3, 0.4) is 0 Å². The Balaban J connectivity index is 2.92. The van der Waals surface area contributed by atoms with Crippen LogP contribution in [0.25, 0.3) is 0 Å². The monoisotopic (exact) mass is 182 g/mol. The first-order valence-corrected chi connectivity index (χ1v) is 4.29. The van der Waals surface area contributed by atoms with E-state index in [0.717, 1.165) is 10.6 Å². The number of amidine groups is 1. The van der Waals surface area contributed by atoms with E-state index in [4.69, 9.17) is 4.74 Å². The van der Waals surface area contributed by atoms with E-state index in [9.17, 15) is 0 Å². The summed E-state index contributed by atoms with van der Waals surface area (Å²) >= 11 is 1.64. The van der Waals surface area contributed by atoms with E-state index in [1.807, 2.05) is 18.4 Å². The van der Waals surface area contributed by atoms with Crippen molar-refractivity contribution in [3.8, 4) is 0 Å². The third kappa shape index (κ3) is 1.92. The molecule has 0 amide bonds. The van der Waals surface area contributed by atoms with Gasteiger partial charge in [-0.1, -0.05) is 0 Å². The van der Waals surface area contributed by atoms with E-state index in [2.05, 4.69) is 16.7 Å². The Bertz CT molecular complexity index is 304. The summed E-state index contributed by atoms with van der Waals surface area (Å²) in [6.45, 7) is 5.34. The van der Waals surface area contributed by atoms with Crippen LogP contribution < -0.4 is 0 Å². The average molecular weight is 182 g/mol. The van der Waals surface area contributed by atoms with Crippen molar-refractivity contribution in [1.82, 2.24) is 0 Å². The molecular weight excluding hydrogens is 172 g/mol. The van der Waals surface area contributed by atoms with Crippen LogP contribution >= 0.6 is 11.3 Å². The van der Waals surface area contributed by atoms with Crippen LogP contribution in [0, 0.1) is 6.92 Å². The van der Waals surface area contributed by atoms with Gasteiger partial charge in [0, 0.05) is 4.88 Å². The topological polar surface area (TPSA) is 34.0 Å². The summed E-state index contributed by atoms with van der Waals surface area (Å²) < 4.78 is 4.85. The SMILES string of the molecule is C=NC(=Nc1ccsc1C)OC. The van der Waals surface area contributed by atoms with Gasteiger partial charge in [0.25, 0.3) is 0 Å². The van der Waals surface area contributed by atoms with Crippen LogP contribution in [0.5, 0.6) is 0 Å². The highest BCUT2D eigenvalue weighted by molar-refractivity contribution is 7.10. The highest BCUT2D eigenvalue weighted by Gasteiger charge is 1.98. The molecule has 0 aliphatic carbocycles. The van der Waals surface area contributed by atoms with Crippen molar-refractivity contribution in [3.05, 3.63) is 16.3 Å². The first-order valence-electron chi connectivity index (χ1n) is 3.41. The maximum atomic E-state index is 4.85. The van der Waals surface area contributed by atoms with Crippen LogP contribution in [0.15, 0.2) is 21.4 Å². The molecule has 0 fully saturated rings.